The minimum Gasteiger partial charge on any atom is -0.469 e. The monoisotopic (exact) mass is 855 g/mol. The van der Waals surface area contributed by atoms with Crippen LogP contribution in [0.4, 0.5) is 11.4 Å². The fourth-order valence-electron chi connectivity index (χ4n) is 9.71. The molecule has 5 nitrogen and oxygen atoms in total. The molecule has 3 aliphatic rings. The largest absolute Gasteiger partial charge is 0.469 e. The highest BCUT2D eigenvalue weighted by atomic mass is 79.9. The zero-order valence-corrected chi connectivity index (χ0v) is 38.1. The number of Topliss-reactive ketones (excluding diaryl/α,β-unsaturated/α-hetero) is 1. The van der Waals surface area contributed by atoms with Gasteiger partial charge in [0.1, 0.15) is 12.3 Å². The van der Waals surface area contributed by atoms with E-state index in [1.54, 1.807) is 6.92 Å². The molecule has 1 aliphatic carbocycles. The second-order valence-electron chi connectivity index (χ2n) is 17.4. The predicted molar refractivity (Wildman–Crippen MR) is 253 cm³/mol. The highest BCUT2D eigenvalue weighted by molar-refractivity contribution is 9.08. The van der Waals surface area contributed by atoms with Gasteiger partial charge in [0.2, 0.25) is 5.69 Å². The van der Waals surface area contributed by atoms with E-state index in [-0.39, 0.29) is 22.6 Å². The van der Waals surface area contributed by atoms with Crippen molar-refractivity contribution in [2.45, 2.75) is 116 Å². The smallest absolute Gasteiger partial charge is 0.305 e. The molecule has 2 heterocycles. The van der Waals surface area contributed by atoms with E-state index in [1.165, 1.54) is 73.7 Å². The van der Waals surface area contributed by atoms with Crippen molar-refractivity contribution in [1.82, 2.24) is 0 Å². The van der Waals surface area contributed by atoms with E-state index >= 15 is 0 Å². The number of esters is 1. The van der Waals surface area contributed by atoms with Crippen LogP contribution in [-0.4, -0.2) is 48.1 Å². The third-order valence-electron chi connectivity index (χ3n) is 12.6. The Kier molecular flexibility index (Phi) is 14.7. The third kappa shape index (κ3) is 9.59. The summed E-state index contributed by atoms with van der Waals surface area (Å²) in [7, 11) is 1.47. The summed E-state index contributed by atoms with van der Waals surface area (Å²) in [5.41, 5.74) is 10.5. The standard InChI is InChI=1S/C52H61N2O3.CH3Br/c1-37(55)18-9-7-15-34-53-44-30-28-40-21-11-13-23-42(40)49(44)51(2,3)46(53)32-26-38-19-17-20-39(36-38)27-33-47-52(4,5)50-43-24-14-12-22-41(43)29-31-45(50)54(47)35-16-8-10-25-48(56)57-6;1-2/h11-14,21-24,26-33,36H,7-10,15-20,25,34-35H2,1-6H3;1H3/q+1;. The number of rotatable bonds is 15. The summed E-state index contributed by atoms with van der Waals surface area (Å²) in [5.74, 6) is 1.96. The number of nitrogens with zero attached hydrogens (tertiary/aromatic N) is 2. The van der Waals surface area contributed by atoms with Crippen molar-refractivity contribution in [3.63, 3.8) is 0 Å². The maximum absolute atomic E-state index is 11.8. The summed E-state index contributed by atoms with van der Waals surface area (Å²) in [6.45, 7) is 13.1. The van der Waals surface area contributed by atoms with Gasteiger partial charge in [-0.05, 0) is 128 Å². The Hall–Kier alpha value is -4.55. The van der Waals surface area contributed by atoms with Crippen molar-refractivity contribution < 1.29 is 18.9 Å². The number of carbonyl (C=O) groups excluding carboxylic acids is 2. The molecule has 0 N–H and O–H groups in total. The lowest BCUT2D eigenvalue weighted by Crippen LogP contribution is -2.28. The lowest BCUT2D eigenvalue weighted by atomic mass is 9.79. The molecule has 0 radical (unpaired) electrons. The molecule has 7 rings (SSSR count). The van der Waals surface area contributed by atoms with Crippen molar-refractivity contribution in [1.29, 1.82) is 0 Å². The van der Waals surface area contributed by atoms with Gasteiger partial charge in [-0.1, -0.05) is 109 Å². The molecule has 4 aromatic rings. The molecule has 0 bridgehead atoms. The number of alkyl halides is 1. The molecule has 0 atom stereocenters. The van der Waals surface area contributed by atoms with Gasteiger partial charge in [-0.2, -0.15) is 4.58 Å². The number of ether oxygens (including phenoxy) is 1. The summed E-state index contributed by atoms with van der Waals surface area (Å²) >= 11 is 2.94. The minimum atomic E-state index is -0.167. The summed E-state index contributed by atoms with van der Waals surface area (Å²) in [5, 5.41) is 5.22. The van der Waals surface area contributed by atoms with Crippen LogP contribution in [0, 0.1) is 0 Å². The molecule has 6 heteroatoms. The van der Waals surface area contributed by atoms with Gasteiger partial charge in [-0.15, -0.1) is 0 Å². The maximum atomic E-state index is 11.8. The second kappa shape index (κ2) is 19.7. The van der Waals surface area contributed by atoms with Crippen LogP contribution < -0.4 is 4.90 Å². The number of hydrogen-bond acceptors (Lipinski definition) is 4. The van der Waals surface area contributed by atoms with E-state index in [9.17, 15) is 9.59 Å². The number of halogens is 1. The molecule has 59 heavy (non-hydrogen) atoms. The lowest BCUT2D eigenvalue weighted by molar-refractivity contribution is -0.438. The quantitative estimate of drug-likeness (QED) is 0.0517. The second-order valence-corrected chi connectivity index (χ2v) is 17.4. The van der Waals surface area contributed by atoms with Gasteiger partial charge in [0.15, 0.2) is 5.71 Å². The van der Waals surface area contributed by atoms with E-state index in [2.05, 4.69) is 156 Å². The first-order chi connectivity index (χ1) is 28.5. The number of allylic oxidation sites excluding steroid dienone is 8. The fourth-order valence-corrected chi connectivity index (χ4v) is 9.71. The molecule has 0 aromatic heterocycles. The average Bonchev–Trinajstić information content (AvgIpc) is 3.60. The summed E-state index contributed by atoms with van der Waals surface area (Å²) in [6, 6.07) is 26.7. The molecular weight excluding hydrogens is 792 g/mol. The number of fused-ring (bicyclic) bond motifs is 6. The van der Waals surface area contributed by atoms with Crippen LogP contribution in [0.15, 0.2) is 120 Å². The molecule has 0 fully saturated rings. The van der Waals surface area contributed by atoms with Crippen molar-refractivity contribution in [2.24, 2.45) is 0 Å². The summed E-state index contributed by atoms with van der Waals surface area (Å²) in [4.78, 5) is 25.9. The molecular formula is C53H64BrN2O3+. The number of hydrogen-bond donors (Lipinski definition) is 0. The highest BCUT2D eigenvalue weighted by Gasteiger charge is 2.45. The summed E-state index contributed by atoms with van der Waals surface area (Å²) in [6.07, 6.45) is 22.3. The van der Waals surface area contributed by atoms with Gasteiger partial charge in [-0.25, -0.2) is 0 Å². The van der Waals surface area contributed by atoms with Crippen molar-refractivity contribution in [2.75, 3.05) is 30.9 Å². The number of unbranched alkanes of at least 4 members (excludes halogenated alkanes) is 4. The number of benzene rings is 4. The molecule has 2 aliphatic heterocycles. The van der Waals surface area contributed by atoms with E-state index in [0.717, 1.165) is 70.9 Å². The number of methoxy groups -OCH3 is 1. The van der Waals surface area contributed by atoms with Gasteiger partial charge in [-0.3, -0.25) is 4.79 Å². The molecule has 0 saturated carbocycles. The van der Waals surface area contributed by atoms with E-state index in [4.69, 9.17) is 4.74 Å². The normalized spacial score (nSPS) is 18.0. The van der Waals surface area contributed by atoms with Crippen LogP contribution >= 0.6 is 15.9 Å². The van der Waals surface area contributed by atoms with Crippen LogP contribution in [0.2, 0.25) is 0 Å². The fraction of sp³-hybridized carbons (Fsp3) is 0.415. The third-order valence-corrected chi connectivity index (χ3v) is 12.6. The van der Waals surface area contributed by atoms with Crippen LogP contribution in [0.25, 0.3) is 21.5 Å². The number of anilines is 1. The predicted octanol–water partition coefficient (Wildman–Crippen LogP) is 13.5. The Morgan fingerprint density at radius 1 is 0.746 bits per heavy atom. The van der Waals surface area contributed by atoms with Crippen LogP contribution in [0.5, 0.6) is 0 Å². The van der Waals surface area contributed by atoms with Gasteiger partial charge >= 0.3 is 5.97 Å². The average molecular weight is 857 g/mol. The first-order valence-electron chi connectivity index (χ1n) is 21.7. The zero-order valence-electron chi connectivity index (χ0n) is 36.5. The lowest BCUT2D eigenvalue weighted by Gasteiger charge is -2.27. The Bertz CT molecular complexity index is 2340. The van der Waals surface area contributed by atoms with E-state index in [0.29, 0.717) is 12.8 Å². The zero-order chi connectivity index (χ0) is 42.2. The Labute approximate surface area is 361 Å². The Morgan fingerprint density at radius 2 is 1.41 bits per heavy atom. The summed E-state index contributed by atoms with van der Waals surface area (Å²) < 4.78 is 7.44. The minimum absolute atomic E-state index is 0.130. The SMILES string of the molecule is CBr.COC(=O)CCCCCN1/C(=C/C=C2C=C(/C=C/C3=[N+](CCCCCC(C)=O)c4ccc5ccccc5c4C3(C)C)CCC/2)C(C)(C)c2c1ccc1ccccc21. The van der Waals surface area contributed by atoms with Gasteiger partial charge in [0.25, 0.3) is 0 Å². The van der Waals surface area contributed by atoms with Crippen LogP contribution in [0.1, 0.15) is 116 Å². The highest BCUT2D eigenvalue weighted by Crippen LogP contribution is 2.51. The maximum Gasteiger partial charge on any atom is 0.305 e. The molecule has 0 spiro atoms. The van der Waals surface area contributed by atoms with Crippen molar-refractivity contribution >= 4 is 66.3 Å². The molecule has 4 aromatic carbocycles. The first-order valence-corrected chi connectivity index (χ1v) is 23.3. The first kappa shape index (κ1) is 44.0. The number of ketones is 1. The van der Waals surface area contributed by atoms with Gasteiger partial charge in [0.05, 0.1) is 12.5 Å². The molecule has 0 amide bonds. The van der Waals surface area contributed by atoms with Gasteiger partial charge in [0, 0.05) is 60.3 Å². The van der Waals surface area contributed by atoms with Gasteiger partial charge < -0.3 is 14.4 Å². The van der Waals surface area contributed by atoms with E-state index in [1.807, 2.05) is 5.83 Å². The van der Waals surface area contributed by atoms with Crippen LogP contribution in [0.3, 0.4) is 0 Å². The Balaban J connectivity index is 0.00000288. The Morgan fingerprint density at radius 3 is 2.12 bits per heavy atom. The molecule has 0 saturated heterocycles. The topological polar surface area (TPSA) is 49.6 Å². The molecule has 0 unspecified atom stereocenters. The van der Waals surface area contributed by atoms with Crippen molar-refractivity contribution in [3.8, 4) is 0 Å². The van der Waals surface area contributed by atoms with Crippen LogP contribution in [-0.2, 0) is 25.2 Å². The van der Waals surface area contributed by atoms with E-state index < -0.39 is 0 Å². The molecule has 310 valence electrons. The van der Waals surface area contributed by atoms with Crippen molar-refractivity contribution in [3.05, 3.63) is 131 Å². The number of carbonyl (C=O) groups is 2.